The number of amides is 1. The Kier molecular flexibility index (Phi) is 5.82. The molecule has 1 amide bonds. The molecule has 2 aliphatic rings. The van der Waals surface area contributed by atoms with Gasteiger partial charge < -0.3 is 14.9 Å². The number of aryl methyl sites for hydroxylation is 2. The van der Waals surface area contributed by atoms with Crippen LogP contribution in [-0.4, -0.2) is 39.3 Å². The summed E-state index contributed by atoms with van der Waals surface area (Å²) >= 11 is 1.67. The molecular weight excluding hydrogens is 386 g/mol. The van der Waals surface area contributed by atoms with Crippen LogP contribution < -0.4 is 5.32 Å². The van der Waals surface area contributed by atoms with Crippen LogP contribution >= 0.6 is 11.3 Å². The summed E-state index contributed by atoms with van der Waals surface area (Å²) in [7, 11) is 0. The van der Waals surface area contributed by atoms with E-state index in [4.69, 9.17) is 4.52 Å². The van der Waals surface area contributed by atoms with Crippen molar-refractivity contribution in [1.82, 2.24) is 15.4 Å². The molecule has 0 aromatic carbocycles. The van der Waals surface area contributed by atoms with E-state index in [1.54, 1.807) is 11.3 Å². The van der Waals surface area contributed by atoms with E-state index in [2.05, 4.69) is 26.8 Å². The minimum absolute atomic E-state index is 0.0766. The summed E-state index contributed by atoms with van der Waals surface area (Å²) in [5.74, 6) is 0.998. The minimum Gasteiger partial charge on any atom is -0.388 e. The number of carbonyl (C=O) groups excluding carboxylic acids is 1. The highest BCUT2D eigenvalue weighted by atomic mass is 32.1. The highest BCUT2D eigenvalue weighted by Crippen LogP contribution is 2.40. The minimum atomic E-state index is -0.960. The lowest BCUT2D eigenvalue weighted by Crippen LogP contribution is -2.62. The lowest BCUT2D eigenvalue weighted by molar-refractivity contribution is -0.132. The quantitative estimate of drug-likeness (QED) is 0.775. The van der Waals surface area contributed by atoms with Crippen molar-refractivity contribution in [1.29, 1.82) is 0 Å². The molecule has 4 rings (SSSR count). The topological polar surface area (TPSA) is 78.6 Å². The first-order valence-corrected chi connectivity index (χ1v) is 11.5. The first kappa shape index (κ1) is 20.6. The van der Waals surface area contributed by atoms with Gasteiger partial charge in [-0.3, -0.25) is 9.69 Å². The van der Waals surface area contributed by atoms with Crippen LogP contribution in [0.25, 0.3) is 0 Å². The van der Waals surface area contributed by atoms with Gasteiger partial charge in [-0.25, -0.2) is 0 Å². The Balaban J connectivity index is 1.64. The Bertz CT molecular complexity index is 820. The van der Waals surface area contributed by atoms with E-state index >= 15 is 0 Å². The maximum absolute atomic E-state index is 13.0. The summed E-state index contributed by atoms with van der Waals surface area (Å²) in [4.78, 5) is 16.5. The average Bonchev–Trinajstić information content (AvgIpc) is 3.43. The monoisotopic (exact) mass is 417 g/mol. The molecule has 1 aliphatic heterocycles. The highest BCUT2D eigenvalue weighted by molar-refractivity contribution is 7.10. The Labute approximate surface area is 176 Å². The third-order valence-corrected chi connectivity index (χ3v) is 7.63. The molecule has 1 aliphatic carbocycles. The van der Waals surface area contributed by atoms with Crippen LogP contribution in [0.3, 0.4) is 0 Å². The smallest absolute Gasteiger partial charge is 0.223 e. The van der Waals surface area contributed by atoms with Crippen LogP contribution in [0.1, 0.15) is 67.0 Å². The normalized spacial score (nSPS) is 28.7. The van der Waals surface area contributed by atoms with Crippen molar-refractivity contribution in [3.8, 4) is 0 Å². The fraction of sp³-hybridized carbons (Fsp3) is 0.636. The molecule has 29 heavy (non-hydrogen) atoms. The lowest BCUT2D eigenvalue weighted by Gasteiger charge is -2.49. The van der Waals surface area contributed by atoms with Crippen LogP contribution in [0.4, 0.5) is 0 Å². The van der Waals surface area contributed by atoms with Crippen molar-refractivity contribution in [3.63, 3.8) is 0 Å². The lowest BCUT2D eigenvalue weighted by atomic mass is 9.81. The Morgan fingerprint density at radius 3 is 2.79 bits per heavy atom. The summed E-state index contributed by atoms with van der Waals surface area (Å²) in [5, 5.41) is 20.7. The van der Waals surface area contributed by atoms with E-state index in [0.29, 0.717) is 13.0 Å². The van der Waals surface area contributed by atoms with E-state index in [1.807, 2.05) is 26.8 Å². The third-order valence-electron chi connectivity index (χ3n) is 6.69. The molecule has 1 saturated heterocycles. The SMILES string of the molecule is Cc1noc(C)c1CN1CCC(C)(O)C(NC(=O)C2CCCC2)C1c1cccs1. The van der Waals surface area contributed by atoms with Crippen molar-refractivity contribution in [2.45, 2.75) is 77.1 Å². The molecule has 2 aromatic rings. The van der Waals surface area contributed by atoms with Gasteiger partial charge in [0.15, 0.2) is 0 Å². The fourth-order valence-corrected chi connectivity index (χ4v) is 5.72. The van der Waals surface area contributed by atoms with Crippen molar-refractivity contribution >= 4 is 17.2 Å². The van der Waals surface area contributed by atoms with Crippen molar-refractivity contribution in [3.05, 3.63) is 39.4 Å². The van der Waals surface area contributed by atoms with Crippen molar-refractivity contribution < 1.29 is 14.4 Å². The summed E-state index contributed by atoms with van der Waals surface area (Å²) in [6.07, 6.45) is 4.74. The molecule has 7 heteroatoms. The number of aromatic nitrogens is 1. The van der Waals surface area contributed by atoms with Crippen LogP contribution in [0, 0.1) is 19.8 Å². The maximum Gasteiger partial charge on any atom is 0.223 e. The zero-order chi connectivity index (χ0) is 20.6. The maximum atomic E-state index is 13.0. The van der Waals surface area contributed by atoms with Gasteiger partial charge in [-0.05, 0) is 51.5 Å². The summed E-state index contributed by atoms with van der Waals surface area (Å²) < 4.78 is 5.37. The molecule has 0 bridgehead atoms. The van der Waals surface area contributed by atoms with E-state index < -0.39 is 5.60 Å². The second-order valence-electron chi connectivity index (χ2n) is 8.81. The van der Waals surface area contributed by atoms with E-state index in [1.165, 1.54) is 0 Å². The number of piperidine rings is 1. The fourth-order valence-electron chi connectivity index (χ4n) is 4.82. The number of aliphatic hydroxyl groups is 1. The predicted molar refractivity (Wildman–Crippen MR) is 113 cm³/mol. The average molecular weight is 418 g/mol. The molecule has 2 fully saturated rings. The largest absolute Gasteiger partial charge is 0.388 e. The highest BCUT2D eigenvalue weighted by Gasteiger charge is 2.47. The van der Waals surface area contributed by atoms with Gasteiger partial charge in [0.2, 0.25) is 5.91 Å². The number of hydrogen-bond acceptors (Lipinski definition) is 6. The molecule has 6 nitrogen and oxygen atoms in total. The van der Waals surface area contributed by atoms with Gasteiger partial charge in [-0.15, -0.1) is 11.3 Å². The van der Waals surface area contributed by atoms with Crippen LogP contribution in [0.15, 0.2) is 22.0 Å². The molecule has 2 aromatic heterocycles. The van der Waals surface area contributed by atoms with E-state index in [0.717, 1.165) is 54.1 Å². The Morgan fingerprint density at radius 2 is 2.17 bits per heavy atom. The van der Waals surface area contributed by atoms with Crippen molar-refractivity contribution in [2.24, 2.45) is 5.92 Å². The number of hydrogen-bond donors (Lipinski definition) is 2. The Hall–Kier alpha value is -1.70. The van der Waals surface area contributed by atoms with Gasteiger partial charge in [-0.2, -0.15) is 0 Å². The van der Waals surface area contributed by atoms with E-state index in [9.17, 15) is 9.90 Å². The molecule has 3 unspecified atom stereocenters. The van der Waals surface area contributed by atoms with Crippen LogP contribution in [0.5, 0.6) is 0 Å². The van der Waals surface area contributed by atoms with Gasteiger partial charge in [0.1, 0.15) is 5.76 Å². The number of carbonyl (C=O) groups is 1. The third kappa shape index (κ3) is 4.13. The Morgan fingerprint density at radius 1 is 1.41 bits per heavy atom. The number of likely N-dealkylation sites (tertiary alicyclic amines) is 1. The molecule has 1 saturated carbocycles. The number of nitrogens with zero attached hydrogens (tertiary/aromatic N) is 2. The molecule has 2 N–H and O–H groups in total. The summed E-state index contributed by atoms with van der Waals surface area (Å²) in [6, 6.07) is 3.69. The van der Waals surface area contributed by atoms with Crippen LogP contribution in [0.2, 0.25) is 0 Å². The number of rotatable bonds is 5. The molecular formula is C22H31N3O3S. The first-order valence-electron chi connectivity index (χ1n) is 10.6. The second kappa shape index (κ2) is 8.20. The molecule has 0 radical (unpaired) electrons. The van der Waals surface area contributed by atoms with Crippen LogP contribution in [-0.2, 0) is 11.3 Å². The number of nitrogens with one attached hydrogen (secondary N) is 1. The predicted octanol–water partition coefficient (Wildman–Crippen LogP) is 3.73. The molecule has 0 spiro atoms. The zero-order valence-electron chi connectivity index (χ0n) is 17.5. The summed E-state index contributed by atoms with van der Waals surface area (Å²) in [6.45, 7) is 7.20. The molecule has 158 valence electrons. The zero-order valence-corrected chi connectivity index (χ0v) is 18.3. The second-order valence-corrected chi connectivity index (χ2v) is 9.79. The van der Waals surface area contributed by atoms with Gasteiger partial charge in [0.25, 0.3) is 0 Å². The summed E-state index contributed by atoms with van der Waals surface area (Å²) in [5.41, 5.74) is 1.03. The molecule has 3 atom stereocenters. The standard InChI is InChI=1S/C22H31N3O3S/c1-14-17(15(2)28-24-14)13-25-11-10-22(3,27)20(19(25)18-9-6-12-29-18)23-21(26)16-7-4-5-8-16/h6,9,12,16,19-20,27H,4-5,7-8,10-11,13H2,1-3H3,(H,23,26). The van der Waals surface area contributed by atoms with Gasteiger partial charge >= 0.3 is 0 Å². The van der Waals surface area contributed by atoms with Gasteiger partial charge in [-0.1, -0.05) is 24.1 Å². The van der Waals surface area contributed by atoms with Gasteiger partial charge in [0.05, 0.1) is 23.4 Å². The number of thiophene rings is 1. The van der Waals surface area contributed by atoms with Crippen molar-refractivity contribution in [2.75, 3.05) is 6.54 Å². The molecule has 3 heterocycles. The van der Waals surface area contributed by atoms with E-state index in [-0.39, 0.29) is 23.9 Å². The van der Waals surface area contributed by atoms with Gasteiger partial charge in [0, 0.05) is 29.4 Å². The first-order chi connectivity index (χ1) is 13.9.